The largest absolute Gasteiger partial charge is 0.465 e. The number of aromatic nitrogens is 2. The number of hydrogen-bond acceptors (Lipinski definition) is 6. The number of nitrogens with zero attached hydrogens (tertiary/aromatic N) is 2. The highest BCUT2D eigenvalue weighted by molar-refractivity contribution is 7.14. The van der Waals surface area contributed by atoms with E-state index in [2.05, 4.69) is 74.6 Å². The van der Waals surface area contributed by atoms with Crippen molar-refractivity contribution in [3.63, 3.8) is 0 Å². The molecule has 0 bridgehead atoms. The number of esters is 1. The summed E-state index contributed by atoms with van der Waals surface area (Å²) in [7, 11) is 1.45. The molecule has 3 aromatic rings. The molecule has 2 heterocycles. The maximum absolute atomic E-state index is 12.1. The first kappa shape index (κ1) is 32.2. The molecule has 0 aliphatic heterocycles. The Morgan fingerprint density at radius 2 is 1.67 bits per heavy atom. The van der Waals surface area contributed by atoms with Gasteiger partial charge in [-0.2, -0.15) is 0 Å². The molecular weight excluding hydrogens is 611 g/mol. The number of nitrogens with one attached hydrogen (secondary N) is 1. The number of allylic oxidation sites excluding steroid dienone is 2. The molecule has 0 amide bonds. The molecule has 0 spiro atoms. The molecule has 1 N–H and O–H groups in total. The molecular formula is C42H53N3O2S. The van der Waals surface area contributed by atoms with Crippen molar-refractivity contribution in [3.05, 3.63) is 71.2 Å². The summed E-state index contributed by atoms with van der Waals surface area (Å²) >= 11 is 1.75. The third-order valence-electron chi connectivity index (χ3n) is 15.3. The fourth-order valence-corrected chi connectivity index (χ4v) is 13.8. The molecule has 1 aromatic carbocycles. The van der Waals surface area contributed by atoms with E-state index >= 15 is 0 Å². The predicted molar refractivity (Wildman–Crippen MR) is 196 cm³/mol. The van der Waals surface area contributed by atoms with Crippen molar-refractivity contribution in [2.45, 2.75) is 104 Å². The Balaban J connectivity index is 1.06. The normalized spacial score (nSPS) is 38.1. The average molecular weight is 664 g/mol. The van der Waals surface area contributed by atoms with Gasteiger partial charge in [-0.25, -0.2) is 9.78 Å². The van der Waals surface area contributed by atoms with Crippen LogP contribution in [0.4, 0.5) is 5.13 Å². The molecule has 8 rings (SSSR count). The summed E-state index contributed by atoms with van der Waals surface area (Å²) in [6, 6.07) is 14.2. The van der Waals surface area contributed by atoms with Gasteiger partial charge in [-0.1, -0.05) is 65.3 Å². The Morgan fingerprint density at radius 3 is 2.42 bits per heavy atom. The summed E-state index contributed by atoms with van der Waals surface area (Å²) in [6.45, 7) is 13.1. The van der Waals surface area contributed by atoms with Gasteiger partial charge in [0.15, 0.2) is 5.13 Å². The standard InChI is InChI=1S/C42H53N3O2S/c1-38(2)29(27-12-14-28(15-13-27)36(46)47-6)18-21-39(3)34(38)19-22-41(5)35(39)17-16-30-31-10-9-20-42(31,24-23-40(30,41)4)45-37-44-33(26-48-37)32-11-7-8-25-43-32/h7-8,11-15,18,25-26,30-31,34-35H,9-10,16-17,19-24H2,1-6H3,(H,44,45)/t30-,31?,34?,35?,39+,40-,41-,42+/m1/s1. The summed E-state index contributed by atoms with van der Waals surface area (Å²) in [5.41, 5.74) is 6.48. The highest BCUT2D eigenvalue weighted by atomic mass is 32.1. The monoisotopic (exact) mass is 663 g/mol. The van der Waals surface area contributed by atoms with E-state index < -0.39 is 0 Å². The number of carbonyl (C=O) groups excluding carboxylic acids is 1. The molecule has 4 saturated carbocycles. The van der Waals surface area contributed by atoms with E-state index in [9.17, 15) is 4.79 Å². The van der Waals surface area contributed by atoms with Crippen molar-refractivity contribution in [1.82, 2.24) is 9.97 Å². The Kier molecular flexibility index (Phi) is 7.56. The Morgan fingerprint density at radius 1 is 0.854 bits per heavy atom. The van der Waals surface area contributed by atoms with Gasteiger partial charge in [0.05, 0.1) is 18.4 Å². The topological polar surface area (TPSA) is 64.1 Å². The van der Waals surface area contributed by atoms with Crippen LogP contribution in [0, 0.1) is 45.3 Å². The first-order valence-electron chi connectivity index (χ1n) is 18.5. The molecule has 3 unspecified atom stereocenters. The van der Waals surface area contributed by atoms with Crippen LogP contribution in [0.1, 0.15) is 115 Å². The summed E-state index contributed by atoms with van der Waals surface area (Å²) in [5, 5.41) is 7.37. The minimum Gasteiger partial charge on any atom is -0.465 e. The van der Waals surface area contributed by atoms with Gasteiger partial charge >= 0.3 is 5.97 Å². The van der Waals surface area contributed by atoms with Gasteiger partial charge in [-0.3, -0.25) is 4.98 Å². The predicted octanol–water partition coefficient (Wildman–Crippen LogP) is 10.7. The van der Waals surface area contributed by atoms with Gasteiger partial charge in [0.25, 0.3) is 0 Å². The molecule has 4 fully saturated rings. The van der Waals surface area contributed by atoms with E-state index in [4.69, 9.17) is 9.72 Å². The second-order valence-electron chi connectivity index (χ2n) is 17.3. The van der Waals surface area contributed by atoms with E-state index in [1.807, 2.05) is 30.5 Å². The smallest absolute Gasteiger partial charge is 0.337 e. The van der Waals surface area contributed by atoms with E-state index in [1.165, 1.54) is 76.0 Å². The summed E-state index contributed by atoms with van der Waals surface area (Å²) < 4.78 is 4.96. The first-order valence-corrected chi connectivity index (χ1v) is 19.4. The number of pyridine rings is 1. The van der Waals surface area contributed by atoms with Crippen molar-refractivity contribution >= 4 is 28.0 Å². The van der Waals surface area contributed by atoms with Crippen LogP contribution in [0.25, 0.3) is 17.0 Å². The Labute approximate surface area is 291 Å². The molecule has 8 atom stereocenters. The third-order valence-corrected chi connectivity index (χ3v) is 16.1. The molecule has 48 heavy (non-hydrogen) atoms. The zero-order chi connectivity index (χ0) is 33.5. The quantitative estimate of drug-likeness (QED) is 0.275. The molecule has 2 aromatic heterocycles. The van der Waals surface area contributed by atoms with Crippen LogP contribution >= 0.6 is 11.3 Å². The molecule has 5 nitrogen and oxygen atoms in total. The summed E-state index contributed by atoms with van der Waals surface area (Å²) in [5.74, 6) is 2.56. The second-order valence-corrected chi connectivity index (χ2v) is 18.2. The minimum atomic E-state index is -0.270. The molecule has 5 aliphatic rings. The number of methoxy groups -OCH3 is 1. The maximum atomic E-state index is 12.1. The number of rotatable bonds is 5. The van der Waals surface area contributed by atoms with Gasteiger partial charge in [-0.05, 0) is 139 Å². The number of ether oxygens (including phenoxy) is 1. The lowest BCUT2D eigenvalue weighted by atomic mass is 9.33. The van der Waals surface area contributed by atoms with Crippen molar-refractivity contribution < 1.29 is 9.53 Å². The number of benzene rings is 1. The van der Waals surface area contributed by atoms with Crippen molar-refractivity contribution in [3.8, 4) is 11.4 Å². The van der Waals surface area contributed by atoms with Gasteiger partial charge in [0.2, 0.25) is 0 Å². The van der Waals surface area contributed by atoms with Crippen LogP contribution in [0.15, 0.2) is 60.1 Å². The minimum absolute atomic E-state index is 0.0672. The van der Waals surface area contributed by atoms with Crippen LogP contribution < -0.4 is 5.32 Å². The Hall–Kier alpha value is -2.99. The summed E-state index contributed by atoms with van der Waals surface area (Å²) in [4.78, 5) is 21.7. The number of thiazole rings is 1. The number of hydrogen-bond donors (Lipinski definition) is 1. The van der Waals surface area contributed by atoms with E-state index in [1.54, 1.807) is 11.3 Å². The van der Waals surface area contributed by atoms with Gasteiger partial charge in [0.1, 0.15) is 5.69 Å². The van der Waals surface area contributed by atoms with E-state index in [0.29, 0.717) is 28.2 Å². The number of carbonyl (C=O) groups is 1. The van der Waals surface area contributed by atoms with Crippen LogP contribution in [0.5, 0.6) is 0 Å². The highest BCUT2D eigenvalue weighted by Crippen LogP contribution is 2.76. The van der Waals surface area contributed by atoms with E-state index in [0.717, 1.165) is 34.8 Å². The second kappa shape index (κ2) is 11.3. The van der Waals surface area contributed by atoms with Crippen molar-refractivity contribution in [2.24, 2.45) is 45.3 Å². The summed E-state index contributed by atoms with van der Waals surface area (Å²) in [6.07, 6.45) is 17.4. The van der Waals surface area contributed by atoms with Gasteiger partial charge < -0.3 is 10.1 Å². The molecule has 254 valence electrons. The fourth-order valence-electron chi connectivity index (χ4n) is 13.0. The van der Waals surface area contributed by atoms with Crippen LogP contribution in [-0.2, 0) is 4.74 Å². The van der Waals surface area contributed by atoms with E-state index in [-0.39, 0.29) is 22.3 Å². The van der Waals surface area contributed by atoms with Crippen molar-refractivity contribution in [2.75, 3.05) is 12.4 Å². The fraction of sp³-hybridized carbons (Fsp3) is 0.595. The molecule has 5 aliphatic carbocycles. The Bertz CT molecular complexity index is 1730. The number of fused-ring (bicyclic) bond motifs is 7. The average Bonchev–Trinajstić information content (AvgIpc) is 3.73. The lowest BCUT2D eigenvalue weighted by molar-refractivity contribution is -0.213. The van der Waals surface area contributed by atoms with Crippen LogP contribution in [0.3, 0.4) is 0 Å². The molecule has 0 radical (unpaired) electrons. The molecule has 0 saturated heterocycles. The van der Waals surface area contributed by atoms with Gasteiger partial charge in [0, 0.05) is 17.1 Å². The lowest BCUT2D eigenvalue weighted by Gasteiger charge is -2.72. The highest BCUT2D eigenvalue weighted by Gasteiger charge is 2.69. The van der Waals surface area contributed by atoms with Crippen LogP contribution in [0.2, 0.25) is 0 Å². The van der Waals surface area contributed by atoms with Crippen LogP contribution in [-0.4, -0.2) is 28.6 Å². The maximum Gasteiger partial charge on any atom is 0.337 e. The lowest BCUT2D eigenvalue weighted by Crippen LogP contribution is -2.66. The molecule has 6 heteroatoms. The number of anilines is 1. The third kappa shape index (κ3) is 4.56. The first-order chi connectivity index (χ1) is 23.0. The SMILES string of the molecule is COC(=O)c1ccc(C2=CC[C@@]3(C)C(CC[C@]4(C)C3CC[C@@H]3C5CCC[C@]5(Nc5nc(-c6ccccn6)cs5)CC[C@]34C)C2(C)C)cc1. The zero-order valence-electron chi connectivity index (χ0n) is 29.8. The zero-order valence-corrected chi connectivity index (χ0v) is 30.6. The van der Waals surface area contributed by atoms with Crippen molar-refractivity contribution in [1.29, 1.82) is 0 Å². The van der Waals surface area contributed by atoms with Gasteiger partial charge in [-0.15, -0.1) is 11.3 Å².